The Bertz CT molecular complexity index is 313. The van der Waals surface area contributed by atoms with Gasteiger partial charge in [0, 0.05) is 17.8 Å². The lowest BCUT2D eigenvalue weighted by molar-refractivity contribution is 0.630. The van der Waals surface area contributed by atoms with E-state index in [4.69, 9.17) is 5.73 Å². The summed E-state index contributed by atoms with van der Waals surface area (Å²) < 4.78 is 0. The number of nitrogens with one attached hydrogen (secondary N) is 1. The lowest BCUT2D eigenvalue weighted by Gasteiger charge is -2.21. The van der Waals surface area contributed by atoms with Gasteiger partial charge in [0.1, 0.15) is 5.82 Å². The van der Waals surface area contributed by atoms with E-state index in [2.05, 4.69) is 31.1 Å². The van der Waals surface area contributed by atoms with Gasteiger partial charge in [-0.15, -0.1) is 0 Å². The number of pyridine rings is 1. The molecule has 3 heteroatoms. The smallest absolute Gasteiger partial charge is 0.126 e. The zero-order valence-corrected chi connectivity index (χ0v) is 9.39. The largest absolute Gasteiger partial charge is 0.365 e. The van der Waals surface area contributed by atoms with E-state index in [-0.39, 0.29) is 5.54 Å². The molecule has 0 aliphatic rings. The third-order valence-electron chi connectivity index (χ3n) is 1.92. The normalized spacial score (nSPS) is 11.5. The fourth-order valence-corrected chi connectivity index (χ4v) is 1.26. The van der Waals surface area contributed by atoms with Crippen LogP contribution < -0.4 is 11.1 Å². The van der Waals surface area contributed by atoms with Gasteiger partial charge in [-0.3, -0.25) is 0 Å². The summed E-state index contributed by atoms with van der Waals surface area (Å²) in [6.45, 7) is 8.87. The molecule has 78 valence electrons. The molecule has 1 aromatic heterocycles. The first-order chi connectivity index (χ1) is 6.42. The van der Waals surface area contributed by atoms with E-state index in [0.717, 1.165) is 17.1 Å². The quantitative estimate of drug-likeness (QED) is 0.756. The van der Waals surface area contributed by atoms with Gasteiger partial charge >= 0.3 is 0 Å². The van der Waals surface area contributed by atoms with E-state index in [0.29, 0.717) is 6.54 Å². The van der Waals surface area contributed by atoms with Crippen LogP contribution >= 0.6 is 0 Å². The van der Waals surface area contributed by atoms with E-state index in [1.54, 1.807) is 0 Å². The molecule has 1 aromatic rings. The minimum absolute atomic E-state index is 0.0453. The Balaban J connectivity index is 2.87. The van der Waals surface area contributed by atoms with Crippen LogP contribution in [-0.2, 0) is 6.54 Å². The van der Waals surface area contributed by atoms with E-state index < -0.39 is 0 Å². The van der Waals surface area contributed by atoms with Crippen LogP contribution in [0.25, 0.3) is 0 Å². The number of aromatic nitrogens is 1. The minimum Gasteiger partial charge on any atom is -0.365 e. The summed E-state index contributed by atoms with van der Waals surface area (Å²) in [5, 5.41) is 3.32. The summed E-state index contributed by atoms with van der Waals surface area (Å²) in [6.07, 6.45) is 0. The fraction of sp³-hybridized carbons (Fsp3) is 0.545. The molecule has 0 saturated carbocycles. The zero-order valence-electron chi connectivity index (χ0n) is 9.39. The van der Waals surface area contributed by atoms with Crippen LogP contribution in [-0.4, -0.2) is 10.5 Å². The average Bonchev–Trinajstić information content (AvgIpc) is 2.01. The summed E-state index contributed by atoms with van der Waals surface area (Å²) in [4.78, 5) is 4.44. The molecule has 0 aliphatic carbocycles. The van der Waals surface area contributed by atoms with Crippen molar-refractivity contribution >= 4 is 5.82 Å². The molecule has 0 amide bonds. The molecule has 14 heavy (non-hydrogen) atoms. The summed E-state index contributed by atoms with van der Waals surface area (Å²) in [6, 6.07) is 4.00. The number of rotatable bonds is 2. The number of nitrogens with zero attached hydrogens (tertiary/aromatic N) is 1. The molecular formula is C11H19N3. The lowest BCUT2D eigenvalue weighted by Crippen LogP contribution is -2.26. The Morgan fingerprint density at radius 2 is 2.00 bits per heavy atom. The number of hydrogen-bond donors (Lipinski definition) is 2. The first-order valence-corrected chi connectivity index (χ1v) is 4.87. The van der Waals surface area contributed by atoms with Crippen LogP contribution in [0.5, 0.6) is 0 Å². The topological polar surface area (TPSA) is 50.9 Å². The van der Waals surface area contributed by atoms with Crippen LogP contribution in [0, 0.1) is 6.92 Å². The second-order valence-electron chi connectivity index (χ2n) is 4.52. The maximum absolute atomic E-state index is 5.57. The highest BCUT2D eigenvalue weighted by atomic mass is 15.0. The van der Waals surface area contributed by atoms with Crippen molar-refractivity contribution in [2.45, 2.75) is 39.8 Å². The second-order valence-corrected chi connectivity index (χ2v) is 4.52. The number of aryl methyl sites for hydroxylation is 1. The van der Waals surface area contributed by atoms with Gasteiger partial charge in [0.15, 0.2) is 0 Å². The number of anilines is 1. The molecule has 1 heterocycles. The van der Waals surface area contributed by atoms with Gasteiger partial charge in [-0.1, -0.05) is 6.07 Å². The van der Waals surface area contributed by atoms with Crippen molar-refractivity contribution in [1.82, 2.24) is 4.98 Å². The van der Waals surface area contributed by atoms with Crippen LogP contribution in [0.2, 0.25) is 0 Å². The highest BCUT2D eigenvalue weighted by Crippen LogP contribution is 2.14. The third kappa shape index (κ3) is 3.00. The van der Waals surface area contributed by atoms with Crippen molar-refractivity contribution in [3.8, 4) is 0 Å². The van der Waals surface area contributed by atoms with Crippen LogP contribution in [0.1, 0.15) is 32.0 Å². The Labute approximate surface area is 85.7 Å². The van der Waals surface area contributed by atoms with Crippen LogP contribution in [0.15, 0.2) is 12.1 Å². The summed E-state index contributed by atoms with van der Waals surface area (Å²) in [5.74, 6) is 0.909. The van der Waals surface area contributed by atoms with Crippen molar-refractivity contribution < 1.29 is 0 Å². The van der Waals surface area contributed by atoms with Gasteiger partial charge in [0.25, 0.3) is 0 Å². The molecule has 0 radical (unpaired) electrons. The third-order valence-corrected chi connectivity index (χ3v) is 1.92. The van der Waals surface area contributed by atoms with Crippen molar-refractivity contribution in [3.63, 3.8) is 0 Å². The molecule has 0 fully saturated rings. The van der Waals surface area contributed by atoms with Gasteiger partial charge in [0.05, 0.1) is 0 Å². The second kappa shape index (κ2) is 3.96. The van der Waals surface area contributed by atoms with E-state index >= 15 is 0 Å². The molecule has 3 N–H and O–H groups in total. The van der Waals surface area contributed by atoms with Gasteiger partial charge < -0.3 is 11.1 Å². The number of hydrogen-bond acceptors (Lipinski definition) is 3. The van der Waals surface area contributed by atoms with Crippen molar-refractivity contribution in [1.29, 1.82) is 0 Å². The standard InChI is InChI=1S/C11H19N3/c1-8-9(7-12)5-6-10(13-8)14-11(2,3)4/h5-6H,7,12H2,1-4H3,(H,13,14). The monoisotopic (exact) mass is 193 g/mol. The lowest BCUT2D eigenvalue weighted by atomic mass is 10.1. The van der Waals surface area contributed by atoms with E-state index in [1.807, 2.05) is 19.1 Å². The minimum atomic E-state index is 0.0453. The van der Waals surface area contributed by atoms with E-state index in [1.165, 1.54) is 0 Å². The molecule has 0 saturated heterocycles. The average molecular weight is 193 g/mol. The van der Waals surface area contributed by atoms with Crippen molar-refractivity contribution in [2.75, 3.05) is 5.32 Å². The zero-order chi connectivity index (χ0) is 10.8. The SMILES string of the molecule is Cc1nc(NC(C)(C)C)ccc1CN. The van der Waals surface area contributed by atoms with Gasteiger partial charge in [-0.2, -0.15) is 0 Å². The van der Waals surface area contributed by atoms with Crippen molar-refractivity contribution in [3.05, 3.63) is 23.4 Å². The van der Waals surface area contributed by atoms with Crippen LogP contribution in [0.3, 0.4) is 0 Å². The van der Waals surface area contributed by atoms with Crippen LogP contribution in [0.4, 0.5) is 5.82 Å². The summed E-state index contributed by atoms with van der Waals surface area (Å²) in [5.41, 5.74) is 7.72. The molecular weight excluding hydrogens is 174 g/mol. The first kappa shape index (κ1) is 11.0. The van der Waals surface area contributed by atoms with Gasteiger partial charge in [-0.05, 0) is 39.3 Å². The summed E-state index contributed by atoms with van der Waals surface area (Å²) >= 11 is 0. The van der Waals surface area contributed by atoms with E-state index in [9.17, 15) is 0 Å². The number of nitrogens with two attached hydrogens (primary N) is 1. The highest BCUT2D eigenvalue weighted by molar-refractivity contribution is 5.40. The molecule has 0 atom stereocenters. The fourth-order valence-electron chi connectivity index (χ4n) is 1.26. The molecule has 0 aromatic carbocycles. The highest BCUT2D eigenvalue weighted by Gasteiger charge is 2.10. The Morgan fingerprint density at radius 1 is 1.36 bits per heavy atom. The predicted molar refractivity (Wildman–Crippen MR) is 60.2 cm³/mol. The molecule has 0 unspecified atom stereocenters. The molecule has 3 nitrogen and oxygen atoms in total. The Morgan fingerprint density at radius 3 is 2.43 bits per heavy atom. The Hall–Kier alpha value is -1.09. The molecule has 0 spiro atoms. The van der Waals surface area contributed by atoms with Gasteiger partial charge in [0.2, 0.25) is 0 Å². The maximum Gasteiger partial charge on any atom is 0.126 e. The predicted octanol–water partition coefficient (Wildman–Crippen LogP) is 2.06. The maximum atomic E-state index is 5.57. The molecule has 1 rings (SSSR count). The molecule has 0 bridgehead atoms. The first-order valence-electron chi connectivity index (χ1n) is 4.87. The Kier molecular flexibility index (Phi) is 3.11. The van der Waals surface area contributed by atoms with Gasteiger partial charge in [-0.25, -0.2) is 4.98 Å². The molecule has 0 aliphatic heterocycles. The summed E-state index contributed by atoms with van der Waals surface area (Å²) in [7, 11) is 0. The van der Waals surface area contributed by atoms with Crippen molar-refractivity contribution in [2.24, 2.45) is 5.73 Å².